The third-order valence-electron chi connectivity index (χ3n) is 4.55. The number of piperidine rings is 1. The molecule has 0 atom stereocenters. The molecule has 3 rings (SSSR count). The molecule has 0 aliphatic carbocycles. The number of benzene rings is 1. The maximum Gasteiger partial charge on any atom is 0.410 e. The molecule has 1 aromatic heterocycles. The van der Waals surface area contributed by atoms with Crippen LogP contribution >= 0.6 is 0 Å². The van der Waals surface area contributed by atoms with Crippen LogP contribution in [0.5, 0.6) is 0 Å². The fourth-order valence-corrected chi connectivity index (χ4v) is 3.12. The Labute approximate surface area is 157 Å². The Morgan fingerprint density at radius 3 is 2.48 bits per heavy atom. The van der Waals surface area contributed by atoms with Gasteiger partial charge in [-0.2, -0.15) is 0 Å². The Balaban J connectivity index is 1.76. The molecule has 144 valence electrons. The van der Waals surface area contributed by atoms with Gasteiger partial charge in [-0.1, -0.05) is 0 Å². The van der Waals surface area contributed by atoms with Gasteiger partial charge in [0.2, 0.25) is 5.89 Å². The van der Waals surface area contributed by atoms with E-state index >= 15 is 0 Å². The lowest BCUT2D eigenvalue weighted by atomic mass is 9.97. The van der Waals surface area contributed by atoms with E-state index in [9.17, 15) is 14.4 Å². The number of ketones is 1. The fourth-order valence-electron chi connectivity index (χ4n) is 3.12. The van der Waals surface area contributed by atoms with E-state index in [-0.39, 0.29) is 17.8 Å². The Morgan fingerprint density at radius 2 is 1.89 bits per heavy atom. The van der Waals surface area contributed by atoms with Gasteiger partial charge in [0.25, 0.3) is 0 Å². The molecule has 0 unspecified atom stereocenters. The van der Waals surface area contributed by atoms with Gasteiger partial charge in [-0.15, -0.1) is 0 Å². The van der Waals surface area contributed by atoms with Crippen molar-refractivity contribution in [1.82, 2.24) is 9.88 Å². The zero-order chi connectivity index (χ0) is 19.8. The summed E-state index contributed by atoms with van der Waals surface area (Å²) in [6, 6.07) is 4.85. The number of Topliss-reactive ketones (excluding diaryl/α,β-unsaturated/α-hetero) is 1. The minimum Gasteiger partial charge on any atom is -0.444 e. The predicted octanol–water partition coefficient (Wildman–Crippen LogP) is 3.51. The van der Waals surface area contributed by atoms with Crippen LogP contribution in [0.25, 0.3) is 10.9 Å². The van der Waals surface area contributed by atoms with E-state index in [2.05, 4.69) is 4.98 Å². The van der Waals surface area contributed by atoms with Crippen molar-refractivity contribution >= 4 is 22.8 Å². The Bertz CT molecular complexity index is 934. The van der Waals surface area contributed by atoms with Crippen LogP contribution in [0.3, 0.4) is 0 Å². The molecule has 7 heteroatoms. The van der Waals surface area contributed by atoms with Crippen molar-refractivity contribution in [3.63, 3.8) is 0 Å². The van der Waals surface area contributed by atoms with Gasteiger partial charge >= 0.3 is 11.7 Å². The van der Waals surface area contributed by atoms with E-state index in [1.54, 1.807) is 17.0 Å². The highest BCUT2D eigenvalue weighted by Gasteiger charge is 2.29. The number of carbonyl (C=O) groups excluding carboxylic acids is 2. The predicted molar refractivity (Wildman–Crippen MR) is 100 cm³/mol. The van der Waals surface area contributed by atoms with E-state index in [1.807, 2.05) is 20.8 Å². The summed E-state index contributed by atoms with van der Waals surface area (Å²) >= 11 is 0. The van der Waals surface area contributed by atoms with Gasteiger partial charge in [0.15, 0.2) is 5.78 Å². The molecule has 0 bridgehead atoms. The Kier molecular flexibility index (Phi) is 5.04. The Hall–Kier alpha value is -2.70. The fraction of sp³-hybridized carbons (Fsp3) is 0.500. The van der Waals surface area contributed by atoms with Gasteiger partial charge in [-0.3, -0.25) is 4.79 Å². The minimum atomic E-state index is -0.528. The van der Waals surface area contributed by atoms with Crippen LogP contribution in [0, 0.1) is 0 Å². The van der Waals surface area contributed by atoms with Crippen molar-refractivity contribution in [3.05, 3.63) is 40.1 Å². The largest absolute Gasteiger partial charge is 0.444 e. The monoisotopic (exact) mass is 372 g/mol. The molecule has 1 saturated heterocycles. The molecular weight excluding hydrogens is 348 g/mol. The molecule has 0 spiro atoms. The molecule has 1 aliphatic rings. The second-order valence-electron chi connectivity index (χ2n) is 7.87. The van der Waals surface area contributed by atoms with E-state index in [0.717, 1.165) is 0 Å². The van der Waals surface area contributed by atoms with Crippen molar-refractivity contribution in [2.24, 2.45) is 0 Å². The van der Waals surface area contributed by atoms with Crippen LogP contribution in [0.1, 0.15) is 62.7 Å². The molecule has 7 nitrogen and oxygen atoms in total. The number of fused-ring (bicyclic) bond motifs is 1. The van der Waals surface area contributed by atoms with Gasteiger partial charge < -0.3 is 14.1 Å². The molecule has 0 N–H and O–H groups in total. The van der Waals surface area contributed by atoms with Gasteiger partial charge in [0, 0.05) is 24.6 Å². The smallest absolute Gasteiger partial charge is 0.410 e. The maximum absolute atomic E-state index is 12.3. The summed E-state index contributed by atoms with van der Waals surface area (Å²) < 4.78 is 10.8. The number of nitrogens with zero attached hydrogens (tertiary/aromatic N) is 2. The molecular formula is C20H24N2O5. The number of hydrogen-bond acceptors (Lipinski definition) is 6. The highest BCUT2D eigenvalue weighted by atomic mass is 16.6. The number of carbonyl (C=O) groups is 2. The lowest BCUT2D eigenvalue weighted by molar-refractivity contribution is 0.0198. The summed E-state index contributed by atoms with van der Waals surface area (Å²) in [6.07, 6.45) is 0.962. The number of likely N-dealkylation sites (tertiary alicyclic amines) is 1. The van der Waals surface area contributed by atoms with Crippen LogP contribution in [0.4, 0.5) is 4.79 Å². The highest BCUT2D eigenvalue weighted by molar-refractivity contribution is 5.97. The van der Waals surface area contributed by atoms with E-state index in [0.29, 0.717) is 48.3 Å². The van der Waals surface area contributed by atoms with Crippen LogP contribution in [0.15, 0.2) is 27.4 Å². The topological polar surface area (TPSA) is 89.7 Å². The van der Waals surface area contributed by atoms with Crippen molar-refractivity contribution in [3.8, 4) is 0 Å². The standard InChI is InChI=1S/C20H24N2O5/c1-12(23)14-5-6-16-15(11-14)18(24)26-17(21-16)13-7-9-22(10-8-13)19(25)27-20(2,3)4/h5-6,11,13H,7-10H2,1-4H3. The lowest BCUT2D eigenvalue weighted by Crippen LogP contribution is -2.41. The average molecular weight is 372 g/mol. The number of aromatic nitrogens is 1. The first-order chi connectivity index (χ1) is 12.6. The molecule has 0 radical (unpaired) electrons. The molecule has 0 saturated carbocycles. The third-order valence-corrected chi connectivity index (χ3v) is 4.55. The third kappa shape index (κ3) is 4.35. The summed E-state index contributed by atoms with van der Waals surface area (Å²) in [5, 5.41) is 0.303. The second kappa shape index (κ2) is 7.13. The number of rotatable bonds is 2. The summed E-state index contributed by atoms with van der Waals surface area (Å²) in [4.78, 5) is 42.1. The van der Waals surface area contributed by atoms with E-state index in [4.69, 9.17) is 9.15 Å². The first kappa shape index (κ1) is 19.1. The van der Waals surface area contributed by atoms with Crippen molar-refractivity contribution in [2.75, 3.05) is 13.1 Å². The van der Waals surface area contributed by atoms with Crippen LogP contribution < -0.4 is 5.63 Å². The number of hydrogen-bond donors (Lipinski definition) is 0. The van der Waals surface area contributed by atoms with Crippen molar-refractivity contribution < 1.29 is 18.7 Å². The highest BCUT2D eigenvalue weighted by Crippen LogP contribution is 2.28. The SMILES string of the molecule is CC(=O)c1ccc2nc(C3CCN(C(=O)OC(C)(C)C)CC3)oc(=O)c2c1. The normalized spacial score (nSPS) is 15.8. The molecule has 1 aromatic carbocycles. The molecule has 1 aliphatic heterocycles. The summed E-state index contributed by atoms with van der Waals surface area (Å²) in [7, 11) is 0. The maximum atomic E-state index is 12.3. The van der Waals surface area contributed by atoms with Crippen molar-refractivity contribution in [1.29, 1.82) is 0 Å². The van der Waals surface area contributed by atoms with E-state index in [1.165, 1.54) is 13.0 Å². The lowest BCUT2D eigenvalue weighted by Gasteiger charge is -2.32. The molecule has 27 heavy (non-hydrogen) atoms. The zero-order valence-electron chi connectivity index (χ0n) is 16.1. The molecule has 1 fully saturated rings. The van der Waals surface area contributed by atoms with Gasteiger partial charge in [-0.05, 0) is 58.7 Å². The first-order valence-corrected chi connectivity index (χ1v) is 9.08. The van der Waals surface area contributed by atoms with E-state index < -0.39 is 11.2 Å². The quantitative estimate of drug-likeness (QED) is 0.750. The van der Waals surface area contributed by atoms with Crippen LogP contribution in [-0.2, 0) is 4.74 Å². The van der Waals surface area contributed by atoms with Crippen LogP contribution in [0.2, 0.25) is 0 Å². The second-order valence-corrected chi connectivity index (χ2v) is 7.87. The number of amides is 1. The minimum absolute atomic E-state index is 0.0340. The molecule has 1 amide bonds. The van der Waals surface area contributed by atoms with Crippen molar-refractivity contribution in [2.45, 2.75) is 52.1 Å². The van der Waals surface area contributed by atoms with Gasteiger partial charge in [-0.25, -0.2) is 14.6 Å². The Morgan fingerprint density at radius 1 is 1.22 bits per heavy atom. The summed E-state index contributed by atoms with van der Waals surface area (Å²) in [5.74, 6) is 0.232. The van der Waals surface area contributed by atoms with Gasteiger partial charge in [0.1, 0.15) is 5.60 Å². The molecule has 2 heterocycles. The van der Waals surface area contributed by atoms with Crippen LogP contribution in [-0.4, -0.2) is 40.5 Å². The summed E-state index contributed by atoms with van der Waals surface area (Å²) in [6.45, 7) is 8.00. The summed E-state index contributed by atoms with van der Waals surface area (Å²) in [5.41, 5.74) is -0.0529. The number of ether oxygens (including phenoxy) is 1. The zero-order valence-corrected chi connectivity index (χ0v) is 16.1. The first-order valence-electron chi connectivity index (χ1n) is 9.08. The average Bonchev–Trinajstić information content (AvgIpc) is 2.60. The molecule has 2 aromatic rings. The van der Waals surface area contributed by atoms with Gasteiger partial charge in [0.05, 0.1) is 10.9 Å².